The zero-order valence-electron chi connectivity index (χ0n) is 21.1. The number of rotatable bonds is 8. The summed E-state index contributed by atoms with van der Waals surface area (Å²) < 4.78 is 43.2. The van der Waals surface area contributed by atoms with Gasteiger partial charge in [-0.05, 0) is 61.7 Å². The molecule has 0 aliphatic heterocycles. The molecule has 2 aromatic heterocycles. The van der Waals surface area contributed by atoms with Gasteiger partial charge in [0.1, 0.15) is 10.7 Å². The maximum Gasteiger partial charge on any atom is 0.263 e. The van der Waals surface area contributed by atoms with Crippen molar-refractivity contribution in [2.24, 2.45) is 5.92 Å². The number of nitrogens with zero attached hydrogens (tertiary/aromatic N) is 3. The fraction of sp³-hybridized carbons (Fsp3) is 0.259. The van der Waals surface area contributed by atoms with Crippen LogP contribution in [0.25, 0.3) is 22.0 Å². The summed E-state index contributed by atoms with van der Waals surface area (Å²) >= 11 is 5.97. The summed E-state index contributed by atoms with van der Waals surface area (Å²) in [6.07, 6.45) is 4.97. The Labute approximate surface area is 229 Å². The van der Waals surface area contributed by atoms with Crippen molar-refractivity contribution in [3.05, 3.63) is 81.9 Å². The minimum absolute atomic E-state index is 0.0964. The van der Waals surface area contributed by atoms with Gasteiger partial charge in [0, 0.05) is 24.3 Å². The van der Waals surface area contributed by atoms with E-state index in [1.165, 1.54) is 10.9 Å². The van der Waals surface area contributed by atoms with Gasteiger partial charge in [-0.1, -0.05) is 24.6 Å². The van der Waals surface area contributed by atoms with Crippen LogP contribution >= 0.6 is 11.6 Å². The number of pyridine rings is 1. The molecule has 202 valence electrons. The quantitative estimate of drug-likeness (QED) is 0.327. The van der Waals surface area contributed by atoms with E-state index >= 15 is 0 Å². The highest BCUT2D eigenvalue weighted by atomic mass is 35.5. The summed E-state index contributed by atoms with van der Waals surface area (Å²) in [6.45, 7) is 3.59. The van der Waals surface area contributed by atoms with Gasteiger partial charge in [0.05, 0.1) is 39.6 Å². The maximum absolute atomic E-state index is 13.4. The minimum Gasteiger partial charge on any atom is -0.353 e. The summed E-state index contributed by atoms with van der Waals surface area (Å²) in [6, 6.07) is 9.97. The van der Waals surface area contributed by atoms with Gasteiger partial charge in [-0.15, -0.1) is 0 Å². The first-order valence-electron chi connectivity index (χ1n) is 12.3. The van der Waals surface area contributed by atoms with Crippen molar-refractivity contribution >= 4 is 44.1 Å². The Morgan fingerprint density at radius 2 is 1.92 bits per heavy atom. The average Bonchev–Trinajstić information content (AvgIpc) is 3.70. The van der Waals surface area contributed by atoms with E-state index < -0.39 is 21.8 Å². The predicted molar refractivity (Wildman–Crippen MR) is 147 cm³/mol. The van der Waals surface area contributed by atoms with E-state index in [4.69, 9.17) is 11.6 Å². The minimum atomic E-state index is -4.14. The molecule has 12 heteroatoms. The molecular weight excluding hydrogens is 545 g/mol. The first kappa shape index (κ1) is 26.8. The lowest BCUT2D eigenvalue weighted by molar-refractivity contribution is -0.125. The van der Waals surface area contributed by atoms with E-state index in [0.29, 0.717) is 27.7 Å². The van der Waals surface area contributed by atoms with Crippen LogP contribution in [0.5, 0.6) is 0 Å². The molecule has 0 saturated heterocycles. The monoisotopic (exact) mass is 569 g/mol. The Morgan fingerprint density at radius 3 is 2.64 bits per heavy atom. The molecule has 1 saturated carbocycles. The van der Waals surface area contributed by atoms with Crippen molar-refractivity contribution < 1.29 is 17.6 Å². The third-order valence-corrected chi connectivity index (χ3v) is 8.36. The molecule has 1 aliphatic rings. The number of nitrogens with one attached hydrogen (secondary N) is 2. The van der Waals surface area contributed by atoms with Crippen LogP contribution in [0.3, 0.4) is 0 Å². The highest BCUT2D eigenvalue weighted by molar-refractivity contribution is 7.92. The lowest BCUT2D eigenvalue weighted by atomic mass is 10.0. The normalized spacial score (nSPS) is 14.3. The molecule has 2 heterocycles. The third kappa shape index (κ3) is 5.79. The number of aryl methyl sites for hydroxylation is 1. The molecular formula is C27H25ClFN5O4S. The number of sulfonamides is 1. The van der Waals surface area contributed by atoms with Crippen molar-refractivity contribution in [3.8, 4) is 11.1 Å². The molecule has 0 radical (unpaired) electrons. The lowest BCUT2D eigenvalue weighted by Gasteiger charge is -2.14. The van der Waals surface area contributed by atoms with E-state index in [1.54, 1.807) is 44.3 Å². The lowest BCUT2D eigenvalue weighted by Crippen LogP contribution is -2.35. The third-order valence-electron chi connectivity index (χ3n) is 6.51. The predicted octanol–water partition coefficient (Wildman–Crippen LogP) is 4.27. The number of carbonyl (C=O) groups excluding carboxylic acids is 1. The molecule has 5 rings (SSSR count). The van der Waals surface area contributed by atoms with Gasteiger partial charge in [0.2, 0.25) is 5.91 Å². The second kappa shape index (κ2) is 10.4. The number of hydrogen-bond acceptors (Lipinski definition) is 6. The molecule has 39 heavy (non-hydrogen) atoms. The Morgan fingerprint density at radius 1 is 1.15 bits per heavy atom. The topological polar surface area (TPSA) is 123 Å². The Balaban J connectivity index is 1.45. The molecule has 0 bridgehead atoms. The van der Waals surface area contributed by atoms with Crippen molar-refractivity contribution in [1.29, 1.82) is 0 Å². The van der Waals surface area contributed by atoms with Crippen LogP contribution in [-0.4, -0.2) is 34.9 Å². The van der Waals surface area contributed by atoms with E-state index in [9.17, 15) is 22.4 Å². The number of aromatic nitrogens is 3. The molecule has 1 fully saturated rings. The van der Waals surface area contributed by atoms with Gasteiger partial charge in [-0.2, -0.15) is 0 Å². The van der Waals surface area contributed by atoms with Crippen LogP contribution in [-0.2, 0) is 21.4 Å². The van der Waals surface area contributed by atoms with Crippen LogP contribution in [0.15, 0.2) is 64.7 Å². The van der Waals surface area contributed by atoms with Crippen LogP contribution in [0.1, 0.15) is 25.5 Å². The molecule has 1 amide bonds. The Bertz CT molecular complexity index is 1770. The van der Waals surface area contributed by atoms with Gasteiger partial charge in [-0.25, -0.2) is 17.8 Å². The SMILES string of the molecule is Cc1ncc(-c2ccc3ncn(C[C@H](C)C(=O)NC4CC4)c(=O)c3c2)cc1NS(=O)(=O)c1ccc(F)cc1Cl. The van der Waals surface area contributed by atoms with Crippen LogP contribution in [0.2, 0.25) is 5.02 Å². The highest BCUT2D eigenvalue weighted by Gasteiger charge is 2.26. The van der Waals surface area contributed by atoms with Crippen LogP contribution < -0.4 is 15.6 Å². The summed E-state index contributed by atoms with van der Waals surface area (Å²) in [5.41, 5.74) is 1.97. The molecule has 4 aromatic rings. The highest BCUT2D eigenvalue weighted by Crippen LogP contribution is 2.29. The zero-order chi connectivity index (χ0) is 27.9. The van der Waals surface area contributed by atoms with Crippen LogP contribution in [0.4, 0.5) is 10.1 Å². The second-order valence-corrected chi connectivity index (χ2v) is 11.7. The van der Waals surface area contributed by atoms with Gasteiger partial charge in [-0.3, -0.25) is 23.9 Å². The number of fused-ring (bicyclic) bond motifs is 1. The van der Waals surface area contributed by atoms with E-state index in [-0.39, 0.29) is 39.7 Å². The van der Waals surface area contributed by atoms with Crippen molar-refractivity contribution in [3.63, 3.8) is 0 Å². The van der Waals surface area contributed by atoms with Crippen LogP contribution in [0, 0.1) is 18.7 Å². The standard InChI is InChI=1S/C27H25ClFN5O4S/c1-15(26(35)32-20-5-6-20)13-34-14-31-23-7-3-17(9-21(23)27(34)36)18-10-24(16(2)30-12-18)33-39(37,38)25-8-4-19(29)11-22(25)28/h3-4,7-12,14-15,20,33H,5-6,13H2,1-2H3,(H,32,35)/t15-/m0/s1. The fourth-order valence-electron chi connectivity index (χ4n) is 4.10. The molecule has 2 aromatic carbocycles. The largest absolute Gasteiger partial charge is 0.353 e. The number of carbonyl (C=O) groups is 1. The first-order chi connectivity index (χ1) is 18.5. The maximum atomic E-state index is 13.4. The van der Waals surface area contributed by atoms with E-state index in [1.807, 2.05) is 0 Å². The summed E-state index contributed by atoms with van der Waals surface area (Å²) in [4.78, 5) is 34.1. The molecule has 0 spiro atoms. The number of hydrogen-bond donors (Lipinski definition) is 2. The molecule has 1 aliphatic carbocycles. The first-order valence-corrected chi connectivity index (χ1v) is 14.1. The van der Waals surface area contributed by atoms with E-state index in [0.717, 1.165) is 31.0 Å². The summed E-state index contributed by atoms with van der Waals surface area (Å²) in [5.74, 6) is -1.15. The zero-order valence-corrected chi connectivity index (χ0v) is 22.7. The summed E-state index contributed by atoms with van der Waals surface area (Å²) in [5, 5.41) is 3.05. The van der Waals surface area contributed by atoms with Gasteiger partial charge < -0.3 is 5.32 Å². The van der Waals surface area contributed by atoms with Gasteiger partial charge in [0.15, 0.2) is 0 Å². The average molecular weight is 570 g/mol. The molecule has 0 unspecified atom stereocenters. The van der Waals surface area contributed by atoms with Gasteiger partial charge >= 0.3 is 0 Å². The Kier molecular flexibility index (Phi) is 7.13. The number of amides is 1. The number of benzene rings is 2. The summed E-state index contributed by atoms with van der Waals surface area (Å²) in [7, 11) is -4.14. The number of anilines is 1. The van der Waals surface area contributed by atoms with E-state index in [2.05, 4.69) is 20.0 Å². The second-order valence-electron chi connectivity index (χ2n) is 9.66. The smallest absolute Gasteiger partial charge is 0.263 e. The fourth-order valence-corrected chi connectivity index (χ4v) is 5.75. The van der Waals surface area contributed by atoms with Crippen molar-refractivity contribution in [2.75, 3.05) is 4.72 Å². The molecule has 2 N–H and O–H groups in total. The van der Waals surface area contributed by atoms with Crippen molar-refractivity contribution in [2.45, 2.75) is 44.2 Å². The Hall–Kier alpha value is -3.83. The molecule has 1 atom stereocenters. The van der Waals surface area contributed by atoms with Crippen molar-refractivity contribution in [1.82, 2.24) is 19.9 Å². The van der Waals surface area contributed by atoms with Gasteiger partial charge in [0.25, 0.3) is 15.6 Å². The number of halogens is 2. The molecule has 9 nitrogen and oxygen atoms in total.